The van der Waals surface area contributed by atoms with Crippen LogP contribution in [0.25, 0.3) is 11.0 Å². The molecule has 0 unspecified atom stereocenters. The molecule has 3 aromatic heterocycles. The number of nitrogens with zero attached hydrogens (tertiary/aromatic N) is 5. The quantitative estimate of drug-likeness (QED) is 0.636. The van der Waals surface area contributed by atoms with Crippen LogP contribution in [0.3, 0.4) is 0 Å². The van der Waals surface area contributed by atoms with Crippen LogP contribution >= 0.6 is 12.2 Å². The van der Waals surface area contributed by atoms with Gasteiger partial charge in [0.15, 0.2) is 10.4 Å². The maximum atomic E-state index is 12.9. The molecule has 0 spiro atoms. The lowest BCUT2D eigenvalue weighted by molar-refractivity contribution is 0.0955. The van der Waals surface area contributed by atoms with E-state index in [1.807, 2.05) is 31.5 Å². The van der Waals surface area contributed by atoms with Gasteiger partial charge in [0.05, 0.1) is 16.6 Å². The van der Waals surface area contributed by atoms with Gasteiger partial charge in [-0.3, -0.25) is 14.6 Å². The molecule has 0 saturated heterocycles. The molecule has 3 aromatic rings. The predicted octanol–water partition coefficient (Wildman–Crippen LogP) is 2.40. The van der Waals surface area contributed by atoms with Crippen molar-refractivity contribution in [3.8, 4) is 0 Å². The minimum absolute atomic E-state index is 0.0995. The third-order valence-electron chi connectivity index (χ3n) is 5.02. The Hall–Kier alpha value is -2.55. The number of aromatic nitrogens is 6. The molecular formula is C18H23N7OS. The summed E-state index contributed by atoms with van der Waals surface area (Å²) in [7, 11) is 1.87. The summed E-state index contributed by atoms with van der Waals surface area (Å²) in [6, 6.07) is 1.94. The molecule has 8 nitrogen and oxygen atoms in total. The van der Waals surface area contributed by atoms with E-state index in [2.05, 4.69) is 20.6 Å². The molecule has 0 aromatic carbocycles. The van der Waals surface area contributed by atoms with Crippen LogP contribution < -0.4 is 5.32 Å². The van der Waals surface area contributed by atoms with Crippen LogP contribution in [0.15, 0.2) is 6.07 Å². The third-order valence-corrected chi connectivity index (χ3v) is 5.33. The van der Waals surface area contributed by atoms with Crippen LogP contribution in [-0.2, 0) is 20.0 Å². The van der Waals surface area contributed by atoms with Gasteiger partial charge in [-0.2, -0.15) is 10.2 Å². The summed E-state index contributed by atoms with van der Waals surface area (Å²) in [5.74, 6) is 1.21. The van der Waals surface area contributed by atoms with Crippen molar-refractivity contribution in [2.75, 3.05) is 6.54 Å². The van der Waals surface area contributed by atoms with Crippen molar-refractivity contribution in [3.63, 3.8) is 0 Å². The topological polar surface area (TPSA) is 93.4 Å². The minimum atomic E-state index is -0.0995. The maximum Gasteiger partial charge on any atom is 0.252 e. The molecule has 1 aliphatic rings. The Morgan fingerprint density at radius 2 is 2.22 bits per heavy atom. The molecule has 1 amide bonds. The highest BCUT2D eigenvalue weighted by Gasteiger charge is 2.28. The molecule has 1 saturated carbocycles. The summed E-state index contributed by atoms with van der Waals surface area (Å²) in [6.45, 7) is 5.17. The molecule has 0 bridgehead atoms. The predicted molar refractivity (Wildman–Crippen MR) is 104 cm³/mol. The summed E-state index contributed by atoms with van der Waals surface area (Å²) >= 11 is 5.21. The number of nitrogens with one attached hydrogen (secondary N) is 2. The molecule has 0 atom stereocenters. The van der Waals surface area contributed by atoms with Crippen molar-refractivity contribution >= 4 is 29.2 Å². The fraction of sp³-hybridized carbons (Fsp3) is 0.500. The largest absolute Gasteiger partial charge is 0.352 e. The Balaban J connectivity index is 1.57. The van der Waals surface area contributed by atoms with Crippen molar-refractivity contribution in [2.45, 2.75) is 45.6 Å². The van der Waals surface area contributed by atoms with Crippen LogP contribution in [-0.4, -0.2) is 42.0 Å². The second kappa shape index (κ2) is 6.88. The SMILES string of the molecule is CCn1c(CCNC(=O)c2cc(C3CC3)nc3c2c(C)nn3C)n[nH]c1=S. The Labute approximate surface area is 162 Å². The van der Waals surface area contributed by atoms with E-state index in [0.717, 1.165) is 47.6 Å². The van der Waals surface area contributed by atoms with Crippen molar-refractivity contribution in [3.05, 3.63) is 33.6 Å². The number of carbonyl (C=O) groups excluding carboxylic acids is 1. The zero-order valence-corrected chi connectivity index (χ0v) is 16.6. The van der Waals surface area contributed by atoms with Gasteiger partial charge in [-0.1, -0.05) is 0 Å². The van der Waals surface area contributed by atoms with Crippen molar-refractivity contribution in [2.24, 2.45) is 7.05 Å². The third kappa shape index (κ3) is 3.27. The van der Waals surface area contributed by atoms with Gasteiger partial charge in [-0.25, -0.2) is 4.98 Å². The van der Waals surface area contributed by atoms with Gasteiger partial charge in [0.25, 0.3) is 5.91 Å². The fourth-order valence-electron chi connectivity index (χ4n) is 3.48. The lowest BCUT2D eigenvalue weighted by Gasteiger charge is -2.09. The molecule has 4 rings (SSSR count). The maximum absolute atomic E-state index is 12.9. The van der Waals surface area contributed by atoms with E-state index in [1.165, 1.54) is 0 Å². The van der Waals surface area contributed by atoms with Crippen LogP contribution in [0.5, 0.6) is 0 Å². The molecule has 2 N–H and O–H groups in total. The summed E-state index contributed by atoms with van der Waals surface area (Å²) in [5, 5.41) is 15.3. The van der Waals surface area contributed by atoms with Gasteiger partial charge in [-0.05, 0) is 45.0 Å². The average molecular weight is 385 g/mol. The summed E-state index contributed by atoms with van der Waals surface area (Å²) < 4.78 is 4.30. The second-order valence-electron chi connectivity index (χ2n) is 6.97. The number of aromatic amines is 1. The van der Waals surface area contributed by atoms with Gasteiger partial charge < -0.3 is 9.88 Å². The first kappa shape index (κ1) is 17.8. The summed E-state index contributed by atoms with van der Waals surface area (Å²) in [6.07, 6.45) is 2.88. The molecule has 0 aliphatic heterocycles. The zero-order valence-electron chi connectivity index (χ0n) is 15.7. The molecule has 3 heterocycles. The second-order valence-corrected chi connectivity index (χ2v) is 7.36. The zero-order chi connectivity index (χ0) is 19.1. The lowest BCUT2D eigenvalue weighted by Crippen LogP contribution is -2.27. The van der Waals surface area contributed by atoms with Crippen LogP contribution in [0.4, 0.5) is 0 Å². The van der Waals surface area contributed by atoms with E-state index < -0.39 is 0 Å². The number of rotatable bonds is 6. The van der Waals surface area contributed by atoms with Crippen molar-refractivity contribution in [1.82, 2.24) is 34.8 Å². The Morgan fingerprint density at radius 1 is 1.44 bits per heavy atom. The van der Waals surface area contributed by atoms with Crippen molar-refractivity contribution < 1.29 is 4.79 Å². The number of fused-ring (bicyclic) bond motifs is 1. The molecule has 1 aliphatic carbocycles. The van der Waals surface area contributed by atoms with Crippen LogP contribution in [0.1, 0.15) is 53.3 Å². The summed E-state index contributed by atoms with van der Waals surface area (Å²) in [4.78, 5) is 17.7. The molecule has 9 heteroatoms. The first-order valence-corrected chi connectivity index (χ1v) is 9.67. The van der Waals surface area contributed by atoms with Crippen molar-refractivity contribution in [1.29, 1.82) is 0 Å². The number of hydrogen-bond acceptors (Lipinski definition) is 5. The van der Waals surface area contributed by atoms with E-state index in [-0.39, 0.29) is 5.91 Å². The molecular weight excluding hydrogens is 362 g/mol. The molecule has 1 fully saturated rings. The van der Waals surface area contributed by atoms with E-state index in [0.29, 0.717) is 29.2 Å². The number of H-pyrrole nitrogens is 1. The molecule has 0 radical (unpaired) electrons. The van der Waals surface area contributed by atoms with Gasteiger partial charge in [0, 0.05) is 38.2 Å². The smallest absolute Gasteiger partial charge is 0.252 e. The van der Waals surface area contributed by atoms with Crippen LogP contribution in [0, 0.1) is 11.7 Å². The lowest BCUT2D eigenvalue weighted by atomic mass is 10.1. The highest BCUT2D eigenvalue weighted by Crippen LogP contribution is 2.40. The highest BCUT2D eigenvalue weighted by molar-refractivity contribution is 7.71. The van der Waals surface area contributed by atoms with E-state index in [9.17, 15) is 4.79 Å². The first-order chi connectivity index (χ1) is 13.0. The van der Waals surface area contributed by atoms with Gasteiger partial charge in [-0.15, -0.1) is 0 Å². The van der Waals surface area contributed by atoms with Gasteiger partial charge in [0.1, 0.15) is 5.82 Å². The Bertz CT molecular complexity index is 1070. The highest BCUT2D eigenvalue weighted by atomic mass is 32.1. The van der Waals surface area contributed by atoms with E-state index in [1.54, 1.807) is 4.68 Å². The Morgan fingerprint density at radius 3 is 2.93 bits per heavy atom. The minimum Gasteiger partial charge on any atom is -0.352 e. The number of carbonyl (C=O) groups is 1. The average Bonchev–Trinajstić information content (AvgIpc) is 3.38. The van der Waals surface area contributed by atoms with E-state index >= 15 is 0 Å². The van der Waals surface area contributed by atoms with Gasteiger partial charge >= 0.3 is 0 Å². The first-order valence-electron chi connectivity index (χ1n) is 9.26. The van der Waals surface area contributed by atoms with E-state index in [4.69, 9.17) is 17.2 Å². The standard InChI is InChI=1S/C18H23N7OS/c1-4-25-14(21-22-18(25)27)7-8-19-17(26)12-9-13(11-5-6-11)20-16-15(12)10(2)23-24(16)3/h9,11H,4-8H2,1-3H3,(H,19,26)(H,22,27). The molecule has 27 heavy (non-hydrogen) atoms. The number of aryl methyl sites for hydroxylation is 2. The fourth-order valence-corrected chi connectivity index (χ4v) is 3.76. The Kier molecular flexibility index (Phi) is 4.55. The number of hydrogen-bond donors (Lipinski definition) is 2. The molecule has 142 valence electrons. The normalized spacial score (nSPS) is 14.0. The summed E-state index contributed by atoms with van der Waals surface area (Å²) in [5.41, 5.74) is 3.23. The number of amides is 1. The van der Waals surface area contributed by atoms with Crippen LogP contribution in [0.2, 0.25) is 0 Å². The monoisotopic (exact) mass is 385 g/mol. The number of pyridine rings is 1. The van der Waals surface area contributed by atoms with Gasteiger partial charge in [0.2, 0.25) is 0 Å².